The summed E-state index contributed by atoms with van der Waals surface area (Å²) in [6, 6.07) is 11.3. The first-order valence-electron chi connectivity index (χ1n) is 9.06. The van der Waals surface area contributed by atoms with Crippen molar-refractivity contribution in [2.24, 2.45) is 0 Å². The van der Waals surface area contributed by atoms with Crippen molar-refractivity contribution >= 4 is 41.6 Å². The van der Waals surface area contributed by atoms with Gasteiger partial charge >= 0.3 is 0 Å². The zero-order valence-electron chi connectivity index (χ0n) is 15.2. The molecule has 0 radical (unpaired) electrons. The van der Waals surface area contributed by atoms with E-state index in [0.717, 1.165) is 35.0 Å². The summed E-state index contributed by atoms with van der Waals surface area (Å²) < 4.78 is 0. The summed E-state index contributed by atoms with van der Waals surface area (Å²) in [5.74, 6) is 0.345. The third-order valence-corrected chi connectivity index (χ3v) is 5.38. The van der Waals surface area contributed by atoms with E-state index in [0.29, 0.717) is 18.0 Å². The smallest absolute Gasteiger partial charge is 0.252 e. The van der Waals surface area contributed by atoms with Crippen LogP contribution in [0.4, 0.5) is 0 Å². The molecule has 0 spiro atoms. The number of aromatic nitrogens is 1. The molecule has 0 aliphatic carbocycles. The number of nitrogens with one attached hydrogen (secondary N) is 2. The molecule has 2 atom stereocenters. The summed E-state index contributed by atoms with van der Waals surface area (Å²) in [7, 11) is 0. The molecule has 2 aromatic rings. The minimum absolute atomic E-state index is 0. The Hall–Kier alpha value is -1.36. The number of fused-ring (bicyclic) bond motifs is 3. The molecule has 142 valence electrons. The van der Waals surface area contributed by atoms with Crippen molar-refractivity contribution in [3.05, 3.63) is 41.6 Å². The molecule has 2 fully saturated rings. The van der Waals surface area contributed by atoms with Gasteiger partial charge in [-0.3, -0.25) is 9.78 Å². The maximum atomic E-state index is 13.0. The van der Waals surface area contributed by atoms with Gasteiger partial charge in [0.1, 0.15) is 0 Å². The van der Waals surface area contributed by atoms with Gasteiger partial charge < -0.3 is 10.6 Å². The average Bonchev–Trinajstić information content (AvgIpc) is 2.92. The van der Waals surface area contributed by atoms with Crippen LogP contribution >= 0.6 is 24.8 Å². The highest BCUT2D eigenvalue weighted by Crippen LogP contribution is 2.28. The molecule has 2 bridgehead atoms. The lowest BCUT2D eigenvalue weighted by Gasteiger charge is -2.29. The molecule has 1 aromatic carbocycles. The van der Waals surface area contributed by atoms with Crippen molar-refractivity contribution < 1.29 is 4.79 Å². The largest absolute Gasteiger partial charge is 0.349 e. The van der Waals surface area contributed by atoms with Gasteiger partial charge in [0.05, 0.1) is 11.1 Å². The Bertz CT molecular complexity index is 769. The SMILES string of the molecule is CC(C)c1cc(C(=O)NC2CC3CCC(C2)N3)c2ccccc2n1.Cl.Cl. The van der Waals surface area contributed by atoms with Crippen molar-refractivity contribution in [2.75, 3.05) is 0 Å². The lowest BCUT2D eigenvalue weighted by molar-refractivity contribution is 0.0925. The number of nitrogens with zero attached hydrogens (tertiary/aromatic N) is 1. The number of pyridine rings is 1. The van der Waals surface area contributed by atoms with Gasteiger partial charge in [0.15, 0.2) is 0 Å². The molecule has 4 rings (SSSR count). The zero-order valence-corrected chi connectivity index (χ0v) is 16.8. The zero-order chi connectivity index (χ0) is 16.7. The number of hydrogen-bond donors (Lipinski definition) is 2. The molecule has 1 amide bonds. The van der Waals surface area contributed by atoms with E-state index >= 15 is 0 Å². The van der Waals surface area contributed by atoms with Gasteiger partial charge in [-0.15, -0.1) is 24.8 Å². The summed E-state index contributed by atoms with van der Waals surface area (Å²) in [6.07, 6.45) is 4.57. The second kappa shape index (κ2) is 8.55. The van der Waals surface area contributed by atoms with Crippen LogP contribution in [0.3, 0.4) is 0 Å². The number of carbonyl (C=O) groups is 1. The molecule has 2 unspecified atom stereocenters. The van der Waals surface area contributed by atoms with E-state index in [2.05, 4.69) is 24.5 Å². The van der Waals surface area contributed by atoms with Crippen LogP contribution in [0.2, 0.25) is 0 Å². The Balaban J connectivity index is 0.00000121. The first kappa shape index (κ1) is 20.9. The quantitative estimate of drug-likeness (QED) is 0.817. The van der Waals surface area contributed by atoms with E-state index in [1.54, 1.807) is 0 Å². The normalized spacial score (nSPS) is 24.0. The Morgan fingerprint density at radius 3 is 2.46 bits per heavy atom. The van der Waals surface area contributed by atoms with Crippen molar-refractivity contribution in [1.82, 2.24) is 15.6 Å². The second-order valence-electron chi connectivity index (χ2n) is 7.55. The van der Waals surface area contributed by atoms with Gasteiger partial charge in [-0.2, -0.15) is 0 Å². The number of rotatable bonds is 3. The Kier molecular flexibility index (Phi) is 6.89. The van der Waals surface area contributed by atoms with Crippen LogP contribution in [0.15, 0.2) is 30.3 Å². The highest BCUT2D eigenvalue weighted by Gasteiger charge is 2.34. The van der Waals surface area contributed by atoms with Crippen LogP contribution in [-0.2, 0) is 0 Å². The molecular formula is C20H27Cl2N3O. The fourth-order valence-electron chi connectivity index (χ4n) is 4.12. The van der Waals surface area contributed by atoms with Gasteiger partial charge in [0, 0.05) is 29.2 Å². The summed E-state index contributed by atoms with van der Waals surface area (Å²) in [5, 5.41) is 7.85. The van der Waals surface area contributed by atoms with Crippen LogP contribution in [0, 0.1) is 0 Å². The molecule has 2 aliphatic rings. The van der Waals surface area contributed by atoms with Crippen molar-refractivity contribution in [3.63, 3.8) is 0 Å². The fourth-order valence-corrected chi connectivity index (χ4v) is 4.12. The molecule has 2 saturated heterocycles. The van der Waals surface area contributed by atoms with E-state index < -0.39 is 0 Å². The van der Waals surface area contributed by atoms with Gasteiger partial charge in [0.2, 0.25) is 0 Å². The number of para-hydroxylation sites is 1. The molecule has 0 saturated carbocycles. The van der Waals surface area contributed by atoms with E-state index in [1.807, 2.05) is 30.3 Å². The number of benzene rings is 1. The van der Waals surface area contributed by atoms with Crippen LogP contribution in [-0.4, -0.2) is 29.0 Å². The Morgan fingerprint density at radius 2 is 1.81 bits per heavy atom. The molecule has 1 aromatic heterocycles. The lowest BCUT2D eigenvalue weighted by Crippen LogP contribution is -2.48. The Morgan fingerprint density at radius 1 is 1.15 bits per heavy atom. The van der Waals surface area contributed by atoms with Gasteiger partial charge in [-0.05, 0) is 43.7 Å². The number of carbonyl (C=O) groups excluding carboxylic acids is 1. The van der Waals surface area contributed by atoms with E-state index in [-0.39, 0.29) is 36.8 Å². The summed E-state index contributed by atoms with van der Waals surface area (Å²) >= 11 is 0. The number of amides is 1. The maximum Gasteiger partial charge on any atom is 0.252 e. The second-order valence-corrected chi connectivity index (χ2v) is 7.55. The first-order chi connectivity index (χ1) is 11.6. The van der Waals surface area contributed by atoms with Gasteiger partial charge in [-0.25, -0.2) is 0 Å². The minimum Gasteiger partial charge on any atom is -0.349 e. The molecule has 2 N–H and O–H groups in total. The highest BCUT2D eigenvalue weighted by molar-refractivity contribution is 6.06. The van der Waals surface area contributed by atoms with Crippen LogP contribution in [0.25, 0.3) is 10.9 Å². The predicted octanol–water partition coefficient (Wildman–Crippen LogP) is 4.21. The van der Waals surface area contributed by atoms with Crippen molar-refractivity contribution in [1.29, 1.82) is 0 Å². The third kappa shape index (κ3) is 4.13. The first-order valence-corrected chi connectivity index (χ1v) is 9.06. The predicted molar refractivity (Wildman–Crippen MR) is 111 cm³/mol. The Labute approximate surface area is 167 Å². The fraction of sp³-hybridized carbons (Fsp3) is 0.500. The summed E-state index contributed by atoms with van der Waals surface area (Å²) in [6.45, 7) is 4.23. The summed E-state index contributed by atoms with van der Waals surface area (Å²) in [5.41, 5.74) is 2.64. The standard InChI is InChI=1S/C20H25N3O.2ClH/c1-12(2)19-11-17(16-5-3-4-6-18(16)23-19)20(24)22-15-9-13-7-8-14(10-15)21-13;;/h3-6,11-15,21H,7-10H2,1-2H3,(H,22,24);2*1H. The molecular weight excluding hydrogens is 369 g/mol. The van der Waals surface area contributed by atoms with Crippen molar-refractivity contribution in [2.45, 2.75) is 63.6 Å². The molecule has 26 heavy (non-hydrogen) atoms. The summed E-state index contributed by atoms with van der Waals surface area (Å²) in [4.78, 5) is 17.7. The highest BCUT2D eigenvalue weighted by atomic mass is 35.5. The van der Waals surface area contributed by atoms with Crippen LogP contribution in [0.1, 0.15) is 61.5 Å². The number of halogens is 2. The third-order valence-electron chi connectivity index (χ3n) is 5.38. The van der Waals surface area contributed by atoms with E-state index in [4.69, 9.17) is 4.98 Å². The number of piperidine rings is 1. The van der Waals surface area contributed by atoms with E-state index in [9.17, 15) is 4.79 Å². The minimum atomic E-state index is 0. The molecule has 2 aliphatic heterocycles. The van der Waals surface area contributed by atoms with Crippen molar-refractivity contribution in [3.8, 4) is 0 Å². The maximum absolute atomic E-state index is 13.0. The lowest BCUT2D eigenvalue weighted by atomic mass is 9.98. The van der Waals surface area contributed by atoms with Gasteiger partial charge in [0.25, 0.3) is 5.91 Å². The van der Waals surface area contributed by atoms with E-state index in [1.165, 1.54) is 12.8 Å². The van der Waals surface area contributed by atoms with Crippen LogP contribution in [0.5, 0.6) is 0 Å². The van der Waals surface area contributed by atoms with Gasteiger partial charge in [-0.1, -0.05) is 32.0 Å². The van der Waals surface area contributed by atoms with Crippen LogP contribution < -0.4 is 10.6 Å². The topological polar surface area (TPSA) is 54.0 Å². The number of hydrogen-bond acceptors (Lipinski definition) is 3. The monoisotopic (exact) mass is 395 g/mol. The average molecular weight is 396 g/mol. The molecule has 4 nitrogen and oxygen atoms in total. The molecule has 3 heterocycles. The molecule has 6 heteroatoms.